The molecule has 8 nitrogen and oxygen atoms in total. The average molecular weight is 471 g/mol. The number of fused-ring (bicyclic) bond motifs is 1. The second-order valence-electron chi connectivity index (χ2n) is 7.83. The first-order chi connectivity index (χ1) is 16.0. The Labute approximate surface area is 196 Å². The van der Waals surface area contributed by atoms with Gasteiger partial charge in [0, 0.05) is 31.9 Å². The lowest BCUT2D eigenvalue weighted by Gasteiger charge is -2.37. The zero-order chi connectivity index (χ0) is 23.4. The molecule has 1 fully saturated rings. The smallest absolute Gasteiger partial charge is 0.330 e. The number of rotatable bonds is 5. The molecule has 0 aliphatic carbocycles. The normalized spacial score (nSPS) is 20.4. The van der Waals surface area contributed by atoms with Crippen LogP contribution in [-0.2, 0) is 19.1 Å². The number of Topliss-reactive ketones (excluding diaryl/α,β-unsaturated/α-hetero) is 1. The summed E-state index contributed by atoms with van der Waals surface area (Å²) in [5.74, 6) is -0.496. The quantitative estimate of drug-likeness (QED) is 0.487. The van der Waals surface area contributed by atoms with E-state index in [-0.39, 0.29) is 18.9 Å². The third-order valence-electron chi connectivity index (χ3n) is 5.91. The van der Waals surface area contributed by atoms with E-state index in [4.69, 9.17) is 14.2 Å². The Hall–Kier alpha value is -3.20. The van der Waals surface area contributed by atoms with Crippen LogP contribution in [0.25, 0.3) is 0 Å². The maximum Gasteiger partial charge on any atom is 0.330 e. The first-order valence-corrected chi connectivity index (χ1v) is 11.5. The summed E-state index contributed by atoms with van der Waals surface area (Å²) >= 11 is 0.998. The fourth-order valence-corrected chi connectivity index (χ4v) is 5.34. The average Bonchev–Trinajstić information content (AvgIpc) is 3.00. The second-order valence-corrected chi connectivity index (χ2v) is 9.17. The number of hydrogen-bond acceptors (Lipinski definition) is 8. The number of anilines is 1. The van der Waals surface area contributed by atoms with Crippen LogP contribution in [0.1, 0.15) is 6.42 Å². The molecule has 9 heteroatoms. The predicted octanol–water partition coefficient (Wildman–Crippen LogP) is 2.40. The Balaban J connectivity index is 1.54. The Morgan fingerprint density at radius 2 is 1.79 bits per heavy atom. The summed E-state index contributed by atoms with van der Waals surface area (Å²) in [4.78, 5) is 43.9. The Morgan fingerprint density at radius 1 is 1.06 bits per heavy atom. The minimum atomic E-state index is -1.72. The summed E-state index contributed by atoms with van der Waals surface area (Å²) in [5.41, 5.74) is 1.10. The summed E-state index contributed by atoms with van der Waals surface area (Å²) < 4.78 is 14.2. The fraction of sp³-hybridized carbons (Fsp3) is 0.375. The van der Waals surface area contributed by atoms with Crippen molar-refractivity contribution in [3.05, 3.63) is 48.5 Å². The number of methoxy groups -OCH3 is 2. The number of hydrogen-bond donors (Lipinski definition) is 0. The number of carbonyl (C=O) groups is 3. The van der Waals surface area contributed by atoms with Crippen LogP contribution in [0.2, 0.25) is 0 Å². The lowest BCUT2D eigenvalue weighted by molar-refractivity contribution is -0.151. The van der Waals surface area contributed by atoms with Gasteiger partial charge in [-0.25, -0.2) is 0 Å². The summed E-state index contributed by atoms with van der Waals surface area (Å²) in [6.45, 7) is 2.03. The number of esters is 1. The van der Waals surface area contributed by atoms with Gasteiger partial charge in [0.05, 0.1) is 25.5 Å². The molecule has 0 radical (unpaired) electrons. The largest absolute Gasteiger partial charge is 0.497 e. The van der Waals surface area contributed by atoms with Crippen LogP contribution in [-0.4, -0.2) is 74.3 Å². The Bertz CT molecular complexity index is 1040. The van der Waals surface area contributed by atoms with Gasteiger partial charge in [0.25, 0.3) is 0 Å². The van der Waals surface area contributed by atoms with E-state index in [2.05, 4.69) is 4.90 Å². The van der Waals surface area contributed by atoms with Crippen LogP contribution in [0.4, 0.5) is 5.69 Å². The second kappa shape index (κ2) is 9.74. The van der Waals surface area contributed by atoms with E-state index in [1.165, 1.54) is 14.2 Å². The minimum Gasteiger partial charge on any atom is -0.497 e. The van der Waals surface area contributed by atoms with E-state index in [1.54, 1.807) is 23.1 Å². The van der Waals surface area contributed by atoms with Gasteiger partial charge in [-0.2, -0.15) is 0 Å². The molecular formula is C24H26N2O6S. The van der Waals surface area contributed by atoms with Crippen LogP contribution in [0.5, 0.6) is 11.5 Å². The monoisotopic (exact) mass is 470 g/mol. The number of amides is 1. The van der Waals surface area contributed by atoms with Crippen molar-refractivity contribution < 1.29 is 28.6 Å². The van der Waals surface area contributed by atoms with Crippen LogP contribution in [0, 0.1) is 0 Å². The molecule has 33 heavy (non-hydrogen) atoms. The van der Waals surface area contributed by atoms with E-state index in [0.717, 1.165) is 17.4 Å². The van der Waals surface area contributed by atoms with Crippen molar-refractivity contribution in [3.63, 3.8) is 0 Å². The van der Waals surface area contributed by atoms with Gasteiger partial charge in [-0.1, -0.05) is 30.0 Å². The number of thioether (sulfide) groups is 1. The first-order valence-electron chi connectivity index (χ1n) is 10.7. The molecule has 0 bridgehead atoms. The number of ketones is 1. The lowest BCUT2D eigenvalue weighted by atomic mass is 9.98. The van der Waals surface area contributed by atoms with E-state index in [9.17, 15) is 14.4 Å². The van der Waals surface area contributed by atoms with Gasteiger partial charge in [-0.3, -0.25) is 14.4 Å². The number of piperazine rings is 1. The third kappa shape index (κ3) is 4.64. The van der Waals surface area contributed by atoms with Crippen molar-refractivity contribution in [1.82, 2.24) is 4.90 Å². The molecule has 1 unspecified atom stereocenters. The maximum atomic E-state index is 13.3. The molecule has 0 N–H and O–H groups in total. The highest BCUT2D eigenvalue weighted by Crippen LogP contribution is 2.46. The molecule has 2 aliphatic heterocycles. The van der Waals surface area contributed by atoms with Gasteiger partial charge in [0.1, 0.15) is 18.1 Å². The van der Waals surface area contributed by atoms with E-state index >= 15 is 0 Å². The number of carbonyl (C=O) groups excluding carboxylic acids is 3. The number of ether oxygens (including phenoxy) is 3. The fourth-order valence-electron chi connectivity index (χ4n) is 4.02. The highest BCUT2D eigenvalue weighted by atomic mass is 32.2. The lowest BCUT2D eigenvalue weighted by Crippen LogP contribution is -2.53. The molecular weight excluding hydrogens is 444 g/mol. The number of benzene rings is 2. The zero-order valence-electron chi connectivity index (χ0n) is 18.6. The van der Waals surface area contributed by atoms with Crippen molar-refractivity contribution in [3.8, 4) is 11.5 Å². The van der Waals surface area contributed by atoms with Crippen molar-refractivity contribution in [2.45, 2.75) is 16.1 Å². The van der Waals surface area contributed by atoms with Gasteiger partial charge in [-0.15, -0.1) is 0 Å². The maximum absolute atomic E-state index is 13.3. The Kier molecular flexibility index (Phi) is 6.78. The summed E-state index contributed by atoms with van der Waals surface area (Å²) in [6.07, 6.45) is -0.297. The summed E-state index contributed by atoms with van der Waals surface area (Å²) in [5, 5.41) is 0. The van der Waals surface area contributed by atoms with Gasteiger partial charge >= 0.3 is 5.97 Å². The van der Waals surface area contributed by atoms with Crippen molar-refractivity contribution >= 4 is 35.1 Å². The topological polar surface area (TPSA) is 85.4 Å². The van der Waals surface area contributed by atoms with Crippen LogP contribution >= 0.6 is 11.8 Å². The summed E-state index contributed by atoms with van der Waals surface area (Å²) in [7, 11) is 2.75. The third-order valence-corrected chi connectivity index (χ3v) is 7.34. The summed E-state index contributed by atoms with van der Waals surface area (Å²) in [6, 6.07) is 15.1. The molecule has 2 aromatic carbocycles. The van der Waals surface area contributed by atoms with Crippen LogP contribution in [0.15, 0.2) is 53.4 Å². The molecule has 2 aromatic rings. The molecule has 2 aliphatic rings. The molecule has 174 valence electrons. The van der Waals surface area contributed by atoms with Crippen molar-refractivity contribution in [2.24, 2.45) is 0 Å². The molecule has 1 atom stereocenters. The highest BCUT2D eigenvalue weighted by molar-refractivity contribution is 8.02. The van der Waals surface area contributed by atoms with Gasteiger partial charge in [0.15, 0.2) is 10.5 Å². The first kappa shape index (κ1) is 23.0. The molecule has 2 heterocycles. The molecule has 0 saturated carbocycles. The molecule has 4 rings (SSSR count). The van der Waals surface area contributed by atoms with Crippen molar-refractivity contribution in [2.75, 3.05) is 51.9 Å². The SMILES string of the molecule is COC(=O)C1(CC(=O)N2CCN(c3ccccc3)CC2)Sc2cc(OC)ccc2OCC1=O. The van der Waals surface area contributed by atoms with Crippen LogP contribution in [0.3, 0.4) is 0 Å². The van der Waals surface area contributed by atoms with Crippen molar-refractivity contribution in [1.29, 1.82) is 0 Å². The zero-order valence-corrected chi connectivity index (χ0v) is 19.4. The molecule has 1 amide bonds. The standard InChI is InChI=1S/C24H26N2O6S/c1-30-18-8-9-19-20(14-18)33-24(23(29)31-2,21(27)16-32-19)15-22(28)26-12-10-25(11-13-26)17-6-4-3-5-7-17/h3-9,14H,10-13,15-16H2,1-2H3. The molecule has 0 spiro atoms. The highest BCUT2D eigenvalue weighted by Gasteiger charge is 2.52. The van der Waals surface area contributed by atoms with E-state index in [1.807, 2.05) is 30.3 Å². The number of para-hydroxylation sites is 1. The molecule has 0 aromatic heterocycles. The van der Waals surface area contributed by atoms with E-state index in [0.29, 0.717) is 42.6 Å². The minimum absolute atomic E-state index is 0.264. The molecule has 1 saturated heterocycles. The predicted molar refractivity (Wildman–Crippen MR) is 124 cm³/mol. The number of nitrogens with zero attached hydrogens (tertiary/aromatic N) is 2. The van der Waals surface area contributed by atoms with Gasteiger partial charge < -0.3 is 24.0 Å². The van der Waals surface area contributed by atoms with Gasteiger partial charge in [0.2, 0.25) is 5.91 Å². The van der Waals surface area contributed by atoms with Crippen LogP contribution < -0.4 is 14.4 Å². The van der Waals surface area contributed by atoms with Gasteiger partial charge in [-0.05, 0) is 30.3 Å². The van der Waals surface area contributed by atoms with E-state index < -0.39 is 16.5 Å². The Morgan fingerprint density at radius 3 is 2.45 bits per heavy atom.